The third-order valence-corrected chi connectivity index (χ3v) is 6.79. The van der Waals surface area contributed by atoms with Crippen molar-refractivity contribution in [3.8, 4) is 22.8 Å². The lowest BCUT2D eigenvalue weighted by Gasteiger charge is -2.10. The van der Waals surface area contributed by atoms with Crippen LogP contribution in [0.25, 0.3) is 17.1 Å². The number of thiophene rings is 1. The molecule has 4 rings (SSSR count). The topological polar surface area (TPSA) is 81.4 Å². The number of rotatable bonds is 8. The molecule has 0 atom stereocenters. The molecule has 0 unspecified atom stereocenters. The third-order valence-electron chi connectivity index (χ3n) is 4.30. The van der Waals surface area contributed by atoms with Gasteiger partial charge in [0, 0.05) is 16.1 Å². The van der Waals surface area contributed by atoms with Crippen LogP contribution in [0.4, 0.5) is 0 Å². The van der Waals surface area contributed by atoms with Gasteiger partial charge in [-0.05, 0) is 64.5 Å². The van der Waals surface area contributed by atoms with E-state index in [0.717, 1.165) is 25.7 Å². The van der Waals surface area contributed by atoms with Gasteiger partial charge in [0.15, 0.2) is 11.0 Å². The molecule has 0 radical (unpaired) electrons. The fourth-order valence-electron chi connectivity index (χ4n) is 2.83. The Bertz CT molecular complexity index is 1220. The van der Waals surface area contributed by atoms with Crippen LogP contribution >= 0.6 is 39.0 Å². The molecule has 2 aromatic carbocycles. The molecule has 0 saturated heterocycles. The maximum Gasteiger partial charge on any atom is 0.250 e. The second-order valence-electron chi connectivity index (χ2n) is 6.43. The van der Waals surface area contributed by atoms with Gasteiger partial charge < -0.3 is 4.74 Å². The molecule has 2 aromatic heterocycles. The van der Waals surface area contributed by atoms with Gasteiger partial charge >= 0.3 is 0 Å². The standard InChI is InChI=1S/C22H18BrN5O2S2/c1-30-17-9-7-15(8-10-17)21-26-27-22(28(21)16-5-3-2-4-6-16)31-14-20(29)25-24-13-18-11-12-19(23)32-18/h2-13H,14H2,1H3,(H,25,29)/b24-13-. The first-order valence-corrected chi connectivity index (χ1v) is 12.1. The van der Waals surface area contributed by atoms with Crippen LogP contribution in [0.1, 0.15) is 4.88 Å². The number of methoxy groups -OCH3 is 1. The number of nitrogens with zero attached hydrogens (tertiary/aromatic N) is 4. The predicted octanol–water partition coefficient (Wildman–Crippen LogP) is 5.01. The SMILES string of the molecule is COc1ccc(-c2nnc(SCC(=O)N/N=C\c3ccc(Br)s3)n2-c2ccccc2)cc1. The van der Waals surface area contributed by atoms with Gasteiger partial charge in [0.2, 0.25) is 0 Å². The van der Waals surface area contributed by atoms with Gasteiger partial charge in [0.1, 0.15) is 5.75 Å². The molecule has 1 amide bonds. The number of hydrazone groups is 1. The van der Waals surface area contributed by atoms with Gasteiger partial charge in [0.05, 0.1) is 22.9 Å². The van der Waals surface area contributed by atoms with Gasteiger partial charge in [-0.25, -0.2) is 5.43 Å². The molecule has 0 spiro atoms. The van der Waals surface area contributed by atoms with Crippen LogP contribution in [0, 0.1) is 0 Å². The van der Waals surface area contributed by atoms with Gasteiger partial charge in [0.25, 0.3) is 5.91 Å². The van der Waals surface area contributed by atoms with Crippen molar-refractivity contribution >= 4 is 51.2 Å². The highest BCUT2D eigenvalue weighted by Gasteiger charge is 2.17. The van der Waals surface area contributed by atoms with Crippen molar-refractivity contribution in [2.45, 2.75) is 5.16 Å². The average Bonchev–Trinajstić information content (AvgIpc) is 3.44. The Kier molecular flexibility index (Phi) is 7.35. The molecular weight excluding hydrogens is 510 g/mol. The minimum Gasteiger partial charge on any atom is -0.497 e. The maximum absolute atomic E-state index is 12.3. The number of thioether (sulfide) groups is 1. The summed E-state index contributed by atoms with van der Waals surface area (Å²) in [7, 11) is 1.63. The Labute approximate surface area is 201 Å². The zero-order valence-corrected chi connectivity index (χ0v) is 20.2. The van der Waals surface area contributed by atoms with Crippen LogP contribution in [-0.4, -0.2) is 39.7 Å². The third kappa shape index (κ3) is 5.45. The molecule has 10 heteroatoms. The van der Waals surface area contributed by atoms with E-state index in [1.165, 1.54) is 23.1 Å². The van der Waals surface area contributed by atoms with E-state index < -0.39 is 0 Å². The van der Waals surface area contributed by atoms with Gasteiger partial charge in [-0.3, -0.25) is 9.36 Å². The number of carbonyl (C=O) groups excluding carboxylic acids is 1. The minimum absolute atomic E-state index is 0.152. The molecule has 7 nitrogen and oxygen atoms in total. The first-order valence-electron chi connectivity index (χ1n) is 9.49. The van der Waals surface area contributed by atoms with Crippen LogP contribution in [0.15, 0.2) is 80.8 Å². The van der Waals surface area contributed by atoms with Crippen molar-refractivity contribution in [3.05, 3.63) is 75.4 Å². The zero-order chi connectivity index (χ0) is 22.3. The van der Waals surface area contributed by atoms with Crippen LogP contribution in [-0.2, 0) is 4.79 Å². The number of halogens is 1. The van der Waals surface area contributed by atoms with E-state index in [-0.39, 0.29) is 11.7 Å². The van der Waals surface area contributed by atoms with Crippen LogP contribution < -0.4 is 10.2 Å². The number of hydrogen-bond acceptors (Lipinski definition) is 7. The number of aromatic nitrogens is 3. The Morgan fingerprint density at radius 1 is 1.16 bits per heavy atom. The summed E-state index contributed by atoms with van der Waals surface area (Å²) in [6, 6.07) is 21.3. The quantitative estimate of drug-likeness (QED) is 0.198. The number of carbonyl (C=O) groups is 1. The van der Waals surface area contributed by atoms with Gasteiger partial charge in [-0.2, -0.15) is 5.10 Å². The fraction of sp³-hybridized carbons (Fsp3) is 0.0909. The van der Waals surface area contributed by atoms with E-state index in [4.69, 9.17) is 4.74 Å². The Morgan fingerprint density at radius 3 is 2.62 bits per heavy atom. The fourth-order valence-corrected chi connectivity index (χ4v) is 4.87. The lowest BCUT2D eigenvalue weighted by atomic mass is 10.2. The molecular formula is C22H18BrN5O2S2. The van der Waals surface area contributed by atoms with Crippen molar-refractivity contribution in [1.29, 1.82) is 0 Å². The molecule has 162 valence electrons. The molecule has 0 aliphatic carbocycles. The highest BCUT2D eigenvalue weighted by Crippen LogP contribution is 2.29. The van der Waals surface area contributed by atoms with E-state index in [9.17, 15) is 4.79 Å². The van der Waals surface area contributed by atoms with Crippen LogP contribution in [0.2, 0.25) is 0 Å². The van der Waals surface area contributed by atoms with Crippen LogP contribution in [0.5, 0.6) is 5.75 Å². The largest absolute Gasteiger partial charge is 0.497 e. The van der Waals surface area contributed by atoms with Crippen molar-refractivity contribution < 1.29 is 9.53 Å². The number of benzene rings is 2. The summed E-state index contributed by atoms with van der Waals surface area (Å²) in [5.74, 6) is 1.37. The molecule has 4 aromatic rings. The molecule has 0 aliphatic rings. The van der Waals surface area contributed by atoms with Crippen molar-refractivity contribution in [1.82, 2.24) is 20.2 Å². The van der Waals surface area contributed by atoms with E-state index in [0.29, 0.717) is 11.0 Å². The summed E-state index contributed by atoms with van der Waals surface area (Å²) in [5.41, 5.74) is 4.35. The second kappa shape index (κ2) is 10.6. The molecule has 0 aliphatic heterocycles. The predicted molar refractivity (Wildman–Crippen MR) is 132 cm³/mol. The number of nitrogens with one attached hydrogen (secondary N) is 1. The van der Waals surface area contributed by atoms with Crippen molar-refractivity contribution in [2.24, 2.45) is 5.10 Å². The first kappa shape index (κ1) is 22.3. The molecule has 0 fully saturated rings. The van der Waals surface area contributed by atoms with E-state index in [2.05, 4.69) is 36.7 Å². The van der Waals surface area contributed by atoms with Crippen molar-refractivity contribution in [2.75, 3.05) is 12.9 Å². The Hall–Kier alpha value is -2.95. The average molecular weight is 528 g/mol. The summed E-state index contributed by atoms with van der Waals surface area (Å²) < 4.78 is 8.19. The Morgan fingerprint density at radius 2 is 1.94 bits per heavy atom. The molecule has 32 heavy (non-hydrogen) atoms. The number of ether oxygens (including phenoxy) is 1. The molecule has 0 bridgehead atoms. The molecule has 0 saturated carbocycles. The second-order valence-corrected chi connectivity index (χ2v) is 9.87. The highest BCUT2D eigenvalue weighted by molar-refractivity contribution is 9.11. The Balaban J connectivity index is 1.51. The van der Waals surface area contributed by atoms with E-state index in [1.54, 1.807) is 13.3 Å². The number of hydrogen-bond donors (Lipinski definition) is 1. The summed E-state index contributed by atoms with van der Waals surface area (Å²) in [6.07, 6.45) is 1.62. The first-order chi connectivity index (χ1) is 15.6. The summed E-state index contributed by atoms with van der Waals surface area (Å²) in [6.45, 7) is 0. The maximum atomic E-state index is 12.3. The highest BCUT2D eigenvalue weighted by atomic mass is 79.9. The van der Waals surface area contributed by atoms with Gasteiger partial charge in [-0.15, -0.1) is 21.5 Å². The summed E-state index contributed by atoms with van der Waals surface area (Å²) >= 11 is 6.23. The lowest BCUT2D eigenvalue weighted by molar-refractivity contribution is -0.118. The molecule has 2 heterocycles. The van der Waals surface area contributed by atoms with Gasteiger partial charge in [-0.1, -0.05) is 30.0 Å². The summed E-state index contributed by atoms with van der Waals surface area (Å²) in [4.78, 5) is 13.2. The lowest BCUT2D eigenvalue weighted by Crippen LogP contribution is -2.19. The van der Waals surface area contributed by atoms with Crippen LogP contribution in [0.3, 0.4) is 0 Å². The molecule has 1 N–H and O–H groups in total. The zero-order valence-electron chi connectivity index (χ0n) is 16.9. The van der Waals surface area contributed by atoms with E-state index in [1.807, 2.05) is 71.3 Å². The monoisotopic (exact) mass is 527 g/mol. The number of amides is 1. The minimum atomic E-state index is -0.226. The number of para-hydroxylation sites is 1. The van der Waals surface area contributed by atoms with E-state index >= 15 is 0 Å². The normalized spacial score (nSPS) is 11.1. The van der Waals surface area contributed by atoms with Crippen molar-refractivity contribution in [3.63, 3.8) is 0 Å². The smallest absolute Gasteiger partial charge is 0.250 e. The summed E-state index contributed by atoms with van der Waals surface area (Å²) in [5, 5.41) is 13.4.